The molecule has 0 aliphatic carbocycles. The predicted molar refractivity (Wildman–Crippen MR) is 89.7 cm³/mol. The van der Waals surface area contributed by atoms with Crippen LogP contribution < -0.4 is 5.73 Å². The van der Waals surface area contributed by atoms with Gasteiger partial charge >= 0.3 is 0 Å². The van der Waals surface area contributed by atoms with Crippen molar-refractivity contribution in [1.82, 2.24) is 9.80 Å². The average Bonchev–Trinajstić information content (AvgIpc) is 2.75. The van der Waals surface area contributed by atoms with Gasteiger partial charge in [-0.05, 0) is 52.0 Å². The van der Waals surface area contributed by atoms with Gasteiger partial charge in [-0.25, -0.2) is 0 Å². The van der Waals surface area contributed by atoms with Crippen LogP contribution in [0.5, 0.6) is 0 Å². The molecule has 0 spiro atoms. The molecule has 2 saturated heterocycles. The highest BCUT2D eigenvalue weighted by Crippen LogP contribution is 2.22. The van der Waals surface area contributed by atoms with Gasteiger partial charge in [0.25, 0.3) is 0 Å². The summed E-state index contributed by atoms with van der Waals surface area (Å²) in [4.78, 5) is 17.1. The summed E-state index contributed by atoms with van der Waals surface area (Å²) in [5.41, 5.74) is 6.05. The monoisotopic (exact) mass is 317 g/mol. The lowest BCUT2D eigenvalue weighted by molar-refractivity contribution is -0.137. The quantitative estimate of drug-likeness (QED) is 0.868. The van der Waals surface area contributed by atoms with Crippen molar-refractivity contribution in [2.24, 2.45) is 11.7 Å². The van der Waals surface area contributed by atoms with Crippen LogP contribution >= 0.6 is 12.4 Å². The molecule has 0 aromatic rings. The largest absolute Gasteiger partial charge is 0.341 e. The van der Waals surface area contributed by atoms with E-state index in [1.54, 1.807) is 0 Å². The fourth-order valence-corrected chi connectivity index (χ4v) is 3.53. The molecule has 2 aliphatic rings. The molecular weight excluding hydrogens is 286 g/mol. The van der Waals surface area contributed by atoms with Crippen molar-refractivity contribution in [2.75, 3.05) is 26.2 Å². The second kappa shape index (κ2) is 8.96. The summed E-state index contributed by atoms with van der Waals surface area (Å²) in [5, 5.41) is 0. The number of hydrogen-bond acceptors (Lipinski definition) is 3. The van der Waals surface area contributed by atoms with Gasteiger partial charge < -0.3 is 10.6 Å². The van der Waals surface area contributed by atoms with E-state index >= 15 is 0 Å². The Labute approximate surface area is 135 Å². The van der Waals surface area contributed by atoms with Gasteiger partial charge in [0.2, 0.25) is 5.91 Å². The summed E-state index contributed by atoms with van der Waals surface area (Å²) in [5.74, 6) is 0.875. The van der Waals surface area contributed by atoms with Gasteiger partial charge in [-0.15, -0.1) is 12.4 Å². The van der Waals surface area contributed by atoms with Gasteiger partial charge in [-0.3, -0.25) is 9.69 Å². The predicted octanol–water partition coefficient (Wildman–Crippen LogP) is 2.26. The number of nitrogens with zero attached hydrogens (tertiary/aromatic N) is 2. The number of rotatable bonds is 3. The van der Waals surface area contributed by atoms with Gasteiger partial charge in [0.15, 0.2) is 0 Å². The Balaban J connectivity index is 0.00000220. The minimum Gasteiger partial charge on any atom is -0.341 e. The van der Waals surface area contributed by atoms with Crippen molar-refractivity contribution in [2.45, 2.75) is 64.5 Å². The van der Waals surface area contributed by atoms with E-state index in [4.69, 9.17) is 5.73 Å². The Bertz CT molecular complexity index is 317. The van der Waals surface area contributed by atoms with E-state index < -0.39 is 0 Å². The van der Waals surface area contributed by atoms with Crippen LogP contribution in [-0.2, 0) is 4.79 Å². The van der Waals surface area contributed by atoms with Crippen LogP contribution in [0.25, 0.3) is 0 Å². The molecule has 0 aromatic carbocycles. The first-order valence-electron chi connectivity index (χ1n) is 8.38. The molecule has 2 N–H and O–H groups in total. The lowest BCUT2D eigenvalue weighted by atomic mass is 9.91. The van der Waals surface area contributed by atoms with Crippen LogP contribution in [0.1, 0.15) is 52.4 Å². The third-order valence-electron chi connectivity index (χ3n) is 5.06. The topological polar surface area (TPSA) is 49.6 Å². The Morgan fingerprint density at radius 2 is 1.67 bits per heavy atom. The van der Waals surface area contributed by atoms with Crippen LogP contribution in [0, 0.1) is 5.92 Å². The number of likely N-dealkylation sites (tertiary alicyclic amines) is 2. The smallest absolute Gasteiger partial charge is 0.239 e. The summed E-state index contributed by atoms with van der Waals surface area (Å²) in [6.07, 6.45) is 7.26. The zero-order chi connectivity index (χ0) is 14.5. The van der Waals surface area contributed by atoms with Gasteiger partial charge in [0.05, 0.1) is 6.04 Å². The molecule has 2 heterocycles. The van der Waals surface area contributed by atoms with E-state index in [1.807, 2.05) is 0 Å². The first-order chi connectivity index (χ1) is 9.59. The molecule has 5 heteroatoms. The summed E-state index contributed by atoms with van der Waals surface area (Å²) in [7, 11) is 0. The first kappa shape index (κ1) is 18.7. The molecule has 0 bridgehead atoms. The number of carbonyl (C=O) groups excluding carboxylic acids is 1. The fraction of sp³-hybridized carbons (Fsp3) is 0.938. The number of piperidine rings is 1. The maximum Gasteiger partial charge on any atom is 0.239 e. The van der Waals surface area contributed by atoms with Crippen molar-refractivity contribution >= 4 is 18.3 Å². The molecule has 3 atom stereocenters. The van der Waals surface area contributed by atoms with Crippen molar-refractivity contribution in [3.05, 3.63) is 0 Å². The van der Waals surface area contributed by atoms with Crippen LogP contribution in [-0.4, -0.2) is 54.0 Å². The molecule has 124 valence electrons. The molecule has 3 unspecified atom stereocenters. The maximum absolute atomic E-state index is 12.7. The molecule has 0 radical (unpaired) electrons. The Kier molecular flexibility index (Phi) is 7.99. The van der Waals surface area contributed by atoms with E-state index in [1.165, 1.54) is 38.5 Å². The number of halogens is 1. The van der Waals surface area contributed by atoms with E-state index in [9.17, 15) is 4.79 Å². The maximum atomic E-state index is 12.7. The Morgan fingerprint density at radius 1 is 1.05 bits per heavy atom. The molecule has 2 rings (SSSR count). The fourth-order valence-electron chi connectivity index (χ4n) is 3.53. The van der Waals surface area contributed by atoms with Crippen LogP contribution in [0.4, 0.5) is 0 Å². The molecule has 21 heavy (non-hydrogen) atoms. The van der Waals surface area contributed by atoms with Gasteiger partial charge in [-0.2, -0.15) is 0 Å². The Morgan fingerprint density at radius 3 is 2.24 bits per heavy atom. The minimum absolute atomic E-state index is 0. The third-order valence-corrected chi connectivity index (χ3v) is 5.06. The highest BCUT2D eigenvalue weighted by atomic mass is 35.5. The molecule has 1 amide bonds. The van der Waals surface area contributed by atoms with E-state index in [0.717, 1.165) is 26.2 Å². The standard InChI is InChI=1S/C16H31N3O.ClH/c1-13(17)15-8-7-11-19(12-15)14(2)16(20)18-9-5-3-4-6-10-18;/h13-15H,3-12,17H2,1-2H3;1H. The molecular formula is C16H32ClN3O. The van der Waals surface area contributed by atoms with Crippen LogP contribution in [0.15, 0.2) is 0 Å². The third kappa shape index (κ3) is 5.11. The summed E-state index contributed by atoms with van der Waals surface area (Å²) < 4.78 is 0. The molecule has 2 aliphatic heterocycles. The van der Waals surface area contributed by atoms with Crippen molar-refractivity contribution in [3.8, 4) is 0 Å². The summed E-state index contributed by atoms with van der Waals surface area (Å²) in [6.45, 7) is 8.11. The zero-order valence-corrected chi connectivity index (χ0v) is 14.4. The van der Waals surface area contributed by atoms with Crippen molar-refractivity contribution < 1.29 is 4.79 Å². The van der Waals surface area contributed by atoms with Gasteiger partial charge in [0, 0.05) is 25.7 Å². The normalized spacial score (nSPS) is 27.4. The van der Waals surface area contributed by atoms with Crippen molar-refractivity contribution in [1.29, 1.82) is 0 Å². The second-order valence-electron chi connectivity index (χ2n) is 6.67. The Hall–Kier alpha value is -0.320. The van der Waals surface area contributed by atoms with E-state index in [-0.39, 0.29) is 24.5 Å². The molecule has 4 nitrogen and oxygen atoms in total. The molecule has 0 aromatic heterocycles. The lowest BCUT2D eigenvalue weighted by Gasteiger charge is -2.39. The van der Waals surface area contributed by atoms with Crippen LogP contribution in [0.2, 0.25) is 0 Å². The second-order valence-corrected chi connectivity index (χ2v) is 6.67. The number of carbonyl (C=O) groups is 1. The average molecular weight is 318 g/mol. The van der Waals surface area contributed by atoms with Crippen molar-refractivity contribution in [3.63, 3.8) is 0 Å². The van der Waals surface area contributed by atoms with Gasteiger partial charge in [-0.1, -0.05) is 12.8 Å². The first-order valence-corrected chi connectivity index (χ1v) is 8.38. The highest BCUT2D eigenvalue weighted by Gasteiger charge is 2.31. The minimum atomic E-state index is 0. The SMILES string of the molecule is CC(N)C1CCCN(C(C)C(=O)N2CCCCCC2)C1.Cl. The van der Waals surface area contributed by atoms with Crippen LogP contribution in [0.3, 0.4) is 0 Å². The van der Waals surface area contributed by atoms with Gasteiger partial charge in [0.1, 0.15) is 0 Å². The molecule has 2 fully saturated rings. The molecule has 0 saturated carbocycles. The summed E-state index contributed by atoms with van der Waals surface area (Å²) >= 11 is 0. The number of amides is 1. The zero-order valence-electron chi connectivity index (χ0n) is 13.6. The number of hydrogen-bond donors (Lipinski definition) is 1. The van der Waals surface area contributed by atoms with E-state index in [0.29, 0.717) is 11.8 Å². The summed E-state index contributed by atoms with van der Waals surface area (Å²) in [6, 6.07) is 0.257. The lowest BCUT2D eigenvalue weighted by Crippen LogP contribution is -2.52. The number of nitrogens with two attached hydrogens (primary N) is 1. The highest BCUT2D eigenvalue weighted by molar-refractivity contribution is 5.85. The van der Waals surface area contributed by atoms with E-state index in [2.05, 4.69) is 23.6 Å².